The van der Waals surface area contributed by atoms with Crippen molar-refractivity contribution in [2.75, 3.05) is 13.2 Å². The number of aromatic nitrogens is 1. The van der Waals surface area contributed by atoms with Crippen molar-refractivity contribution in [1.82, 2.24) is 9.47 Å². The lowest BCUT2D eigenvalue weighted by Gasteiger charge is -2.37. The Morgan fingerprint density at radius 2 is 1.58 bits per heavy atom. The third-order valence-corrected chi connectivity index (χ3v) is 6.60. The summed E-state index contributed by atoms with van der Waals surface area (Å²) in [7, 11) is 0. The summed E-state index contributed by atoms with van der Waals surface area (Å²) >= 11 is 0. The van der Waals surface area contributed by atoms with E-state index in [9.17, 15) is 19.8 Å². The molecule has 2 heterocycles. The highest BCUT2D eigenvalue weighted by molar-refractivity contribution is 5.69. The summed E-state index contributed by atoms with van der Waals surface area (Å²) in [4.78, 5) is 26.6. The molecule has 1 aliphatic rings. The monoisotopic (exact) mass is 520 g/mol. The predicted octanol–water partition coefficient (Wildman–Crippen LogP) is 5.26. The molecule has 0 radical (unpaired) electrons. The Kier molecular flexibility index (Phi) is 10.3. The van der Waals surface area contributed by atoms with Gasteiger partial charge in [-0.15, -0.1) is 0 Å². The van der Waals surface area contributed by atoms with Crippen LogP contribution in [-0.2, 0) is 11.3 Å². The lowest BCUT2D eigenvalue weighted by atomic mass is 9.97. The lowest BCUT2D eigenvalue weighted by molar-refractivity contribution is -0.0309. The molecule has 0 saturated carbocycles. The third kappa shape index (κ3) is 8.57. The van der Waals surface area contributed by atoms with E-state index in [0.717, 1.165) is 16.7 Å². The highest BCUT2D eigenvalue weighted by Gasteiger charge is 2.33. The number of pyridine rings is 1. The van der Waals surface area contributed by atoms with Crippen molar-refractivity contribution in [3.8, 4) is 11.1 Å². The first-order valence-corrected chi connectivity index (χ1v) is 13.2. The van der Waals surface area contributed by atoms with Gasteiger partial charge in [0.2, 0.25) is 0 Å². The van der Waals surface area contributed by atoms with Crippen LogP contribution in [0.25, 0.3) is 11.1 Å². The second-order valence-electron chi connectivity index (χ2n) is 10.7. The van der Waals surface area contributed by atoms with Crippen molar-refractivity contribution in [3.05, 3.63) is 94.9 Å². The summed E-state index contributed by atoms with van der Waals surface area (Å²) in [5.41, 5.74) is 1.77. The Hall–Kier alpha value is -3.42. The molecule has 3 atom stereocenters. The second-order valence-corrected chi connectivity index (χ2v) is 10.7. The van der Waals surface area contributed by atoms with Crippen molar-refractivity contribution in [2.24, 2.45) is 5.92 Å². The van der Waals surface area contributed by atoms with E-state index in [1.807, 2.05) is 80.6 Å². The molecule has 0 spiro atoms. The zero-order chi connectivity index (χ0) is 27.7. The van der Waals surface area contributed by atoms with Gasteiger partial charge in [-0.25, -0.2) is 4.79 Å². The van der Waals surface area contributed by atoms with Gasteiger partial charge in [0, 0.05) is 44.8 Å². The highest BCUT2D eigenvalue weighted by Crippen LogP contribution is 2.29. The number of cyclic esters (lactones) is 1. The first-order chi connectivity index (χ1) is 18.1. The molecule has 7 heteroatoms. The number of hydrogen-bond acceptors (Lipinski definition) is 5. The van der Waals surface area contributed by atoms with Gasteiger partial charge in [0.15, 0.2) is 0 Å². The molecular formula is C31H40N2O5. The van der Waals surface area contributed by atoms with Crippen molar-refractivity contribution in [3.63, 3.8) is 0 Å². The van der Waals surface area contributed by atoms with Crippen molar-refractivity contribution < 1.29 is 19.7 Å². The van der Waals surface area contributed by atoms with E-state index in [2.05, 4.69) is 0 Å². The van der Waals surface area contributed by atoms with Crippen molar-refractivity contribution in [1.29, 1.82) is 0 Å². The Bertz CT molecular complexity index is 1170. The Morgan fingerprint density at radius 1 is 0.974 bits per heavy atom. The molecule has 4 rings (SSSR count). The van der Waals surface area contributed by atoms with Crippen LogP contribution in [0, 0.1) is 5.92 Å². The minimum Gasteiger partial charge on any atom is -0.446 e. The molecular weight excluding hydrogens is 480 g/mol. The van der Waals surface area contributed by atoms with Gasteiger partial charge in [0.1, 0.15) is 6.10 Å². The van der Waals surface area contributed by atoms with Gasteiger partial charge in [-0.2, -0.15) is 0 Å². The molecule has 38 heavy (non-hydrogen) atoms. The van der Waals surface area contributed by atoms with Gasteiger partial charge in [-0.05, 0) is 49.4 Å². The first-order valence-electron chi connectivity index (χ1n) is 13.2. The van der Waals surface area contributed by atoms with E-state index in [4.69, 9.17) is 4.74 Å². The van der Waals surface area contributed by atoms with Crippen molar-refractivity contribution >= 4 is 6.09 Å². The number of hydrogen-bond donors (Lipinski definition) is 2. The van der Waals surface area contributed by atoms with Crippen LogP contribution in [0.5, 0.6) is 0 Å². The summed E-state index contributed by atoms with van der Waals surface area (Å²) < 4.78 is 7.15. The quantitative estimate of drug-likeness (QED) is 0.423. The van der Waals surface area contributed by atoms with Gasteiger partial charge in [0.05, 0.1) is 11.6 Å². The number of ether oxygens (including phenoxy) is 1. The number of amides is 1. The SMILES string of the molecule is CC(CO)Cn1ccc(-c2ccc(C(C)N3CCC(CC(C)(C)O)OC3=O)cc2)cc1=O.c1ccccc1. The van der Waals surface area contributed by atoms with Crippen LogP contribution in [-0.4, -0.2) is 50.6 Å². The molecule has 1 aliphatic heterocycles. The largest absolute Gasteiger partial charge is 0.446 e. The molecule has 7 nitrogen and oxygen atoms in total. The topological polar surface area (TPSA) is 92.0 Å². The average Bonchev–Trinajstić information content (AvgIpc) is 2.90. The maximum absolute atomic E-state index is 12.5. The van der Waals surface area contributed by atoms with E-state index in [0.29, 0.717) is 25.9 Å². The van der Waals surface area contributed by atoms with Crippen LogP contribution in [0.2, 0.25) is 0 Å². The van der Waals surface area contributed by atoms with Crippen LogP contribution in [0.1, 0.15) is 52.1 Å². The van der Waals surface area contributed by atoms with E-state index < -0.39 is 5.60 Å². The minimum absolute atomic E-state index is 0.0196. The Morgan fingerprint density at radius 3 is 2.08 bits per heavy atom. The van der Waals surface area contributed by atoms with E-state index in [1.165, 1.54) is 0 Å². The van der Waals surface area contributed by atoms with Gasteiger partial charge in [0.25, 0.3) is 5.56 Å². The maximum Gasteiger partial charge on any atom is 0.410 e. The maximum atomic E-state index is 12.5. The van der Waals surface area contributed by atoms with Crippen LogP contribution >= 0.6 is 0 Å². The summed E-state index contributed by atoms with van der Waals surface area (Å²) in [6, 6.07) is 23.2. The third-order valence-electron chi connectivity index (χ3n) is 6.60. The molecule has 1 saturated heterocycles. The molecule has 1 aromatic heterocycles. The van der Waals surface area contributed by atoms with Crippen LogP contribution < -0.4 is 5.56 Å². The fourth-order valence-corrected chi connectivity index (χ4v) is 4.45. The predicted molar refractivity (Wildman–Crippen MR) is 150 cm³/mol. The van der Waals surface area contributed by atoms with Crippen LogP contribution in [0.4, 0.5) is 4.79 Å². The van der Waals surface area contributed by atoms with Crippen LogP contribution in [0.15, 0.2) is 83.8 Å². The zero-order valence-corrected chi connectivity index (χ0v) is 22.8. The van der Waals surface area contributed by atoms with E-state index in [-0.39, 0.29) is 36.3 Å². The number of aliphatic hydroxyl groups is 2. The molecule has 2 N–H and O–H groups in total. The second kappa shape index (κ2) is 13.4. The average molecular weight is 521 g/mol. The Labute approximate surface area is 225 Å². The molecule has 204 valence electrons. The lowest BCUT2D eigenvalue weighted by Crippen LogP contribution is -2.45. The zero-order valence-electron chi connectivity index (χ0n) is 22.8. The van der Waals surface area contributed by atoms with Crippen LogP contribution in [0.3, 0.4) is 0 Å². The van der Waals surface area contributed by atoms with Gasteiger partial charge >= 0.3 is 6.09 Å². The minimum atomic E-state index is -0.869. The Balaban J connectivity index is 0.000000585. The number of benzene rings is 2. The molecule has 3 aromatic rings. The smallest absolute Gasteiger partial charge is 0.410 e. The first kappa shape index (κ1) is 29.1. The van der Waals surface area contributed by atoms with E-state index >= 15 is 0 Å². The van der Waals surface area contributed by atoms with Gasteiger partial charge < -0.3 is 24.4 Å². The number of nitrogens with zero attached hydrogens (tertiary/aromatic N) is 2. The van der Waals surface area contributed by atoms with Gasteiger partial charge in [-0.3, -0.25) is 4.79 Å². The molecule has 0 aliphatic carbocycles. The number of rotatable bonds is 8. The van der Waals surface area contributed by atoms with Crippen molar-refractivity contribution in [2.45, 2.75) is 64.8 Å². The molecule has 2 aromatic carbocycles. The van der Waals surface area contributed by atoms with E-state index in [1.54, 1.807) is 35.6 Å². The number of aliphatic hydroxyl groups excluding tert-OH is 1. The number of carbonyl (C=O) groups is 1. The summed E-state index contributed by atoms with van der Waals surface area (Å²) in [6.45, 7) is 8.40. The standard InChI is InChI=1S/C25H34N2O5.C6H6/c1-17(16-28)15-26-11-9-21(13-23(26)29)20-7-5-19(6-8-20)18(2)27-12-10-22(32-24(27)30)14-25(3,4)31;1-2-4-6-5-3-1/h5-9,11,13,17-18,22,28,31H,10,12,14-16H2,1-4H3;1-6H. The summed E-state index contributed by atoms with van der Waals surface area (Å²) in [5, 5.41) is 19.2. The molecule has 1 amide bonds. The fourth-order valence-electron chi connectivity index (χ4n) is 4.45. The normalized spacial score (nSPS) is 17.2. The summed E-state index contributed by atoms with van der Waals surface area (Å²) in [6.07, 6.45) is 2.24. The fraction of sp³-hybridized carbons (Fsp3) is 0.419. The molecule has 0 bridgehead atoms. The molecule has 3 unspecified atom stereocenters. The highest BCUT2D eigenvalue weighted by atomic mass is 16.6. The number of carbonyl (C=O) groups excluding carboxylic acids is 1. The van der Waals surface area contributed by atoms with Gasteiger partial charge in [-0.1, -0.05) is 67.6 Å². The molecule has 1 fully saturated rings. The summed E-state index contributed by atoms with van der Waals surface area (Å²) in [5.74, 6) is 0.0196.